The van der Waals surface area contributed by atoms with E-state index in [1.165, 1.54) is 25.3 Å². The van der Waals surface area contributed by atoms with Crippen molar-refractivity contribution < 1.29 is 19.2 Å². The van der Waals surface area contributed by atoms with E-state index in [9.17, 15) is 19.7 Å². The summed E-state index contributed by atoms with van der Waals surface area (Å²) in [6.45, 7) is 1.94. The van der Waals surface area contributed by atoms with Crippen LogP contribution in [-0.4, -0.2) is 23.8 Å². The number of amides is 2. The second kappa shape index (κ2) is 7.91. The number of benzene rings is 2. The van der Waals surface area contributed by atoms with Crippen molar-refractivity contribution in [2.45, 2.75) is 13.3 Å². The lowest BCUT2D eigenvalue weighted by Gasteiger charge is -2.11. The minimum Gasteiger partial charge on any atom is -0.494 e. The molecule has 0 aliphatic heterocycles. The van der Waals surface area contributed by atoms with Crippen molar-refractivity contribution in [3.05, 3.63) is 58.1 Å². The summed E-state index contributed by atoms with van der Waals surface area (Å²) in [5.74, 6) is -1.66. The average Bonchev–Trinajstić information content (AvgIpc) is 2.62. The molecule has 8 heteroatoms. The summed E-state index contributed by atoms with van der Waals surface area (Å²) in [4.78, 5) is 34.4. The van der Waals surface area contributed by atoms with Gasteiger partial charge in [-0.25, -0.2) is 0 Å². The van der Waals surface area contributed by atoms with E-state index in [0.717, 1.165) is 5.56 Å². The summed E-state index contributed by atoms with van der Waals surface area (Å²) in [6.07, 6.45) is 0.703. The number of non-ortho nitro benzene ring substituents is 1. The molecule has 0 fully saturated rings. The number of anilines is 2. The molecular formula is C17H17N3O5. The third kappa shape index (κ3) is 4.31. The predicted molar refractivity (Wildman–Crippen MR) is 92.7 cm³/mol. The van der Waals surface area contributed by atoms with Crippen LogP contribution in [0, 0.1) is 10.1 Å². The zero-order valence-corrected chi connectivity index (χ0v) is 13.7. The molecule has 0 bridgehead atoms. The first-order valence-electron chi connectivity index (χ1n) is 7.49. The van der Waals surface area contributed by atoms with Gasteiger partial charge in [-0.3, -0.25) is 19.7 Å². The fourth-order valence-electron chi connectivity index (χ4n) is 2.21. The largest absolute Gasteiger partial charge is 0.494 e. The van der Waals surface area contributed by atoms with E-state index >= 15 is 0 Å². The highest BCUT2D eigenvalue weighted by Crippen LogP contribution is 2.29. The molecule has 0 saturated carbocycles. The summed E-state index contributed by atoms with van der Waals surface area (Å²) in [5.41, 5.74) is 1.44. The first-order chi connectivity index (χ1) is 12.0. The van der Waals surface area contributed by atoms with Crippen LogP contribution in [0.15, 0.2) is 42.5 Å². The zero-order valence-electron chi connectivity index (χ0n) is 13.7. The Morgan fingerprint density at radius 2 is 1.72 bits per heavy atom. The summed E-state index contributed by atoms with van der Waals surface area (Å²) in [7, 11) is 1.31. The van der Waals surface area contributed by atoms with Crippen LogP contribution in [0.3, 0.4) is 0 Å². The van der Waals surface area contributed by atoms with Gasteiger partial charge in [0.15, 0.2) is 0 Å². The van der Waals surface area contributed by atoms with E-state index in [1.807, 2.05) is 19.1 Å². The molecule has 2 N–H and O–H groups in total. The Hall–Kier alpha value is -3.42. The normalized spacial score (nSPS) is 10.0. The molecule has 0 aliphatic rings. The van der Waals surface area contributed by atoms with E-state index < -0.39 is 16.7 Å². The highest BCUT2D eigenvalue weighted by Gasteiger charge is 2.18. The van der Waals surface area contributed by atoms with E-state index in [4.69, 9.17) is 4.74 Å². The molecule has 25 heavy (non-hydrogen) atoms. The Bertz CT molecular complexity index is 820. The molecule has 0 unspecified atom stereocenters. The lowest BCUT2D eigenvalue weighted by molar-refractivity contribution is -0.384. The van der Waals surface area contributed by atoms with Crippen molar-refractivity contribution in [2.24, 2.45) is 0 Å². The molecule has 0 aromatic heterocycles. The Balaban J connectivity index is 2.13. The topological polar surface area (TPSA) is 111 Å². The van der Waals surface area contributed by atoms with Crippen molar-refractivity contribution in [1.29, 1.82) is 0 Å². The number of rotatable bonds is 5. The third-order valence-corrected chi connectivity index (χ3v) is 3.50. The van der Waals surface area contributed by atoms with Gasteiger partial charge in [0.25, 0.3) is 5.69 Å². The van der Waals surface area contributed by atoms with Gasteiger partial charge in [0.1, 0.15) is 5.75 Å². The standard InChI is InChI=1S/C17H17N3O5/c1-3-11-6-4-5-7-13(11)18-16(21)17(22)19-14-9-8-12(20(23)24)10-15(14)25-2/h4-10H,3H2,1-2H3,(H,18,21)(H,19,22). The number of hydrogen-bond acceptors (Lipinski definition) is 5. The van der Waals surface area contributed by atoms with E-state index in [1.54, 1.807) is 12.1 Å². The smallest absolute Gasteiger partial charge is 0.314 e. The van der Waals surface area contributed by atoms with Crippen LogP contribution in [0.1, 0.15) is 12.5 Å². The maximum Gasteiger partial charge on any atom is 0.314 e. The number of carbonyl (C=O) groups is 2. The molecule has 0 aliphatic carbocycles. The van der Waals surface area contributed by atoms with Crippen LogP contribution < -0.4 is 15.4 Å². The van der Waals surface area contributed by atoms with Crippen LogP contribution >= 0.6 is 0 Å². The molecule has 0 spiro atoms. The van der Waals surface area contributed by atoms with Gasteiger partial charge in [0.2, 0.25) is 0 Å². The summed E-state index contributed by atoms with van der Waals surface area (Å²) in [6, 6.07) is 10.8. The minimum absolute atomic E-state index is 0.0873. The SMILES string of the molecule is CCc1ccccc1NC(=O)C(=O)Nc1ccc([N+](=O)[O-])cc1OC. The lowest BCUT2D eigenvalue weighted by Crippen LogP contribution is -2.29. The number of nitrogens with one attached hydrogen (secondary N) is 2. The summed E-state index contributed by atoms with van der Waals surface area (Å²) >= 11 is 0. The second-order valence-corrected chi connectivity index (χ2v) is 5.06. The third-order valence-electron chi connectivity index (χ3n) is 3.50. The highest BCUT2D eigenvalue weighted by atomic mass is 16.6. The monoisotopic (exact) mass is 343 g/mol. The fourth-order valence-corrected chi connectivity index (χ4v) is 2.21. The number of carbonyl (C=O) groups excluding carboxylic acids is 2. The van der Waals surface area contributed by atoms with Crippen LogP contribution in [0.5, 0.6) is 5.75 Å². The molecule has 130 valence electrons. The van der Waals surface area contributed by atoms with Gasteiger partial charge < -0.3 is 15.4 Å². The van der Waals surface area contributed by atoms with E-state index in [-0.39, 0.29) is 17.1 Å². The number of para-hydroxylation sites is 1. The molecule has 2 rings (SSSR count). The van der Waals surface area contributed by atoms with Crippen molar-refractivity contribution in [1.82, 2.24) is 0 Å². The molecule has 2 amide bonds. The van der Waals surface area contributed by atoms with Crippen LogP contribution in [-0.2, 0) is 16.0 Å². The Morgan fingerprint density at radius 1 is 1.08 bits per heavy atom. The number of nitro groups is 1. The second-order valence-electron chi connectivity index (χ2n) is 5.06. The predicted octanol–water partition coefficient (Wildman–Crippen LogP) is 2.74. The first-order valence-corrected chi connectivity index (χ1v) is 7.49. The number of nitro benzene ring substituents is 1. The van der Waals surface area contributed by atoms with Gasteiger partial charge in [-0.2, -0.15) is 0 Å². The van der Waals surface area contributed by atoms with Gasteiger partial charge >= 0.3 is 11.8 Å². The van der Waals surface area contributed by atoms with Crippen molar-refractivity contribution in [2.75, 3.05) is 17.7 Å². The molecule has 0 atom stereocenters. The summed E-state index contributed by atoms with van der Waals surface area (Å²) < 4.78 is 5.02. The van der Waals surface area contributed by atoms with Crippen LogP contribution in [0.25, 0.3) is 0 Å². The molecule has 2 aromatic rings. The number of aryl methyl sites for hydroxylation is 1. The number of methoxy groups -OCH3 is 1. The lowest BCUT2D eigenvalue weighted by atomic mass is 10.1. The zero-order chi connectivity index (χ0) is 18.4. The van der Waals surface area contributed by atoms with Gasteiger partial charge in [-0.15, -0.1) is 0 Å². The minimum atomic E-state index is -0.905. The van der Waals surface area contributed by atoms with Gasteiger partial charge in [-0.05, 0) is 24.1 Å². The van der Waals surface area contributed by atoms with E-state index in [2.05, 4.69) is 10.6 Å². The average molecular weight is 343 g/mol. The molecule has 0 radical (unpaired) electrons. The fraction of sp³-hybridized carbons (Fsp3) is 0.176. The molecule has 8 nitrogen and oxygen atoms in total. The molecular weight excluding hydrogens is 326 g/mol. The van der Waals surface area contributed by atoms with Gasteiger partial charge in [0, 0.05) is 11.8 Å². The van der Waals surface area contributed by atoms with Gasteiger partial charge in [0.05, 0.1) is 23.8 Å². The quantitative estimate of drug-likeness (QED) is 0.493. The number of ether oxygens (including phenoxy) is 1. The van der Waals surface area contributed by atoms with Crippen LogP contribution in [0.2, 0.25) is 0 Å². The van der Waals surface area contributed by atoms with Crippen LogP contribution in [0.4, 0.5) is 17.1 Å². The number of nitrogens with zero attached hydrogens (tertiary/aromatic N) is 1. The first kappa shape index (κ1) is 17.9. The molecule has 0 saturated heterocycles. The molecule has 0 heterocycles. The van der Waals surface area contributed by atoms with Crippen molar-refractivity contribution in [3.8, 4) is 5.75 Å². The van der Waals surface area contributed by atoms with E-state index in [0.29, 0.717) is 12.1 Å². The highest BCUT2D eigenvalue weighted by molar-refractivity contribution is 6.43. The van der Waals surface area contributed by atoms with Crippen molar-refractivity contribution >= 4 is 28.9 Å². The maximum atomic E-state index is 12.1. The summed E-state index contributed by atoms with van der Waals surface area (Å²) in [5, 5.41) is 15.7. The van der Waals surface area contributed by atoms with Gasteiger partial charge in [-0.1, -0.05) is 25.1 Å². The Kier molecular flexibility index (Phi) is 5.67. The number of hydrogen-bond donors (Lipinski definition) is 2. The van der Waals surface area contributed by atoms with Crippen molar-refractivity contribution in [3.63, 3.8) is 0 Å². The molecule has 2 aromatic carbocycles. The maximum absolute atomic E-state index is 12.1. The Labute approximate surface area is 144 Å². The Morgan fingerprint density at radius 3 is 2.32 bits per heavy atom.